The van der Waals surface area contributed by atoms with Crippen molar-refractivity contribution in [1.82, 2.24) is 10.2 Å². The molecule has 122 valence electrons. The summed E-state index contributed by atoms with van der Waals surface area (Å²) >= 11 is 6.03. The van der Waals surface area contributed by atoms with Crippen molar-refractivity contribution in [3.8, 4) is 0 Å². The molecule has 0 aliphatic carbocycles. The Labute approximate surface area is 143 Å². The normalized spacial score (nSPS) is 21.5. The number of nitrogens with zero attached hydrogens (tertiary/aromatic N) is 1. The predicted octanol–water partition coefficient (Wildman–Crippen LogP) is 3.47. The average Bonchev–Trinajstić information content (AvgIpc) is 2.95. The Morgan fingerprint density at radius 3 is 2.64 bits per heavy atom. The summed E-state index contributed by atoms with van der Waals surface area (Å²) in [7, 11) is 0. The first kappa shape index (κ1) is 17.6. The molecular weight excluding hydrogens is 319 g/mol. The van der Waals surface area contributed by atoms with Crippen LogP contribution in [-0.2, 0) is 4.79 Å². The SMILES string of the molecule is CC(C(=O)N1CCC2(CCNC2)CC1)c1cccc(Cl)c1.Cl. The van der Waals surface area contributed by atoms with Gasteiger partial charge in [-0.15, -0.1) is 12.4 Å². The van der Waals surface area contributed by atoms with Gasteiger partial charge < -0.3 is 10.2 Å². The van der Waals surface area contributed by atoms with E-state index >= 15 is 0 Å². The molecule has 1 unspecified atom stereocenters. The minimum Gasteiger partial charge on any atom is -0.342 e. The van der Waals surface area contributed by atoms with E-state index in [0.717, 1.165) is 44.6 Å². The van der Waals surface area contributed by atoms with Gasteiger partial charge in [0.1, 0.15) is 0 Å². The van der Waals surface area contributed by atoms with E-state index in [1.807, 2.05) is 36.1 Å². The van der Waals surface area contributed by atoms with Crippen LogP contribution < -0.4 is 5.32 Å². The zero-order valence-corrected chi connectivity index (χ0v) is 14.6. The number of nitrogens with one attached hydrogen (secondary N) is 1. The number of halogens is 2. The second kappa shape index (κ2) is 7.20. The molecule has 2 fully saturated rings. The van der Waals surface area contributed by atoms with Crippen molar-refractivity contribution in [2.75, 3.05) is 26.2 Å². The lowest BCUT2D eigenvalue weighted by molar-refractivity contribution is -0.134. The molecule has 1 aromatic rings. The highest BCUT2D eigenvalue weighted by molar-refractivity contribution is 6.30. The van der Waals surface area contributed by atoms with Gasteiger partial charge in [0.15, 0.2) is 0 Å². The Balaban J connectivity index is 0.00000176. The molecule has 1 aromatic carbocycles. The first-order valence-corrected chi connectivity index (χ1v) is 8.22. The van der Waals surface area contributed by atoms with Crippen molar-refractivity contribution in [3.63, 3.8) is 0 Å². The van der Waals surface area contributed by atoms with Crippen LogP contribution >= 0.6 is 24.0 Å². The molecular formula is C17H24Cl2N2O. The molecule has 1 N–H and O–H groups in total. The van der Waals surface area contributed by atoms with Crippen LogP contribution in [0.5, 0.6) is 0 Å². The Bertz CT molecular complexity index is 519. The maximum Gasteiger partial charge on any atom is 0.229 e. The number of rotatable bonds is 2. The van der Waals surface area contributed by atoms with Crippen molar-refractivity contribution in [3.05, 3.63) is 34.9 Å². The predicted molar refractivity (Wildman–Crippen MR) is 92.8 cm³/mol. The molecule has 3 rings (SSSR count). The van der Waals surface area contributed by atoms with Gasteiger partial charge in [0.05, 0.1) is 5.92 Å². The van der Waals surface area contributed by atoms with Crippen molar-refractivity contribution in [1.29, 1.82) is 0 Å². The number of hydrogen-bond acceptors (Lipinski definition) is 2. The first-order valence-electron chi connectivity index (χ1n) is 7.85. The van der Waals surface area contributed by atoms with E-state index in [-0.39, 0.29) is 24.2 Å². The molecule has 0 radical (unpaired) electrons. The molecule has 0 bridgehead atoms. The lowest BCUT2D eigenvalue weighted by Crippen LogP contribution is -2.45. The fourth-order valence-corrected chi connectivity index (χ4v) is 3.81. The van der Waals surface area contributed by atoms with E-state index in [0.29, 0.717) is 10.4 Å². The molecule has 0 aromatic heterocycles. The maximum absolute atomic E-state index is 12.7. The van der Waals surface area contributed by atoms with Crippen LogP contribution in [-0.4, -0.2) is 37.0 Å². The largest absolute Gasteiger partial charge is 0.342 e. The standard InChI is InChI=1S/C17H23ClN2O.ClH/c1-13(14-3-2-4-15(18)11-14)16(21)20-9-6-17(7-10-20)5-8-19-12-17;/h2-4,11,13,19H,5-10,12H2,1H3;1H. The minimum absolute atomic E-state index is 0. The van der Waals surface area contributed by atoms with Crippen molar-refractivity contribution in [2.24, 2.45) is 5.41 Å². The van der Waals surface area contributed by atoms with Crippen LogP contribution in [0, 0.1) is 5.41 Å². The van der Waals surface area contributed by atoms with E-state index in [4.69, 9.17) is 11.6 Å². The zero-order chi connectivity index (χ0) is 14.9. The van der Waals surface area contributed by atoms with Gasteiger partial charge in [0, 0.05) is 24.7 Å². The highest BCUT2D eigenvalue weighted by atomic mass is 35.5. The number of carbonyl (C=O) groups excluding carboxylic acids is 1. The lowest BCUT2D eigenvalue weighted by atomic mass is 9.77. The number of amides is 1. The van der Waals surface area contributed by atoms with Gasteiger partial charge in [-0.1, -0.05) is 23.7 Å². The quantitative estimate of drug-likeness (QED) is 0.892. The van der Waals surface area contributed by atoms with Crippen LogP contribution in [0.2, 0.25) is 5.02 Å². The summed E-state index contributed by atoms with van der Waals surface area (Å²) in [5, 5.41) is 4.16. The number of hydrogen-bond donors (Lipinski definition) is 1. The fraction of sp³-hybridized carbons (Fsp3) is 0.588. The van der Waals surface area contributed by atoms with E-state index < -0.39 is 0 Å². The summed E-state index contributed by atoms with van der Waals surface area (Å²) in [5.41, 5.74) is 1.46. The summed E-state index contributed by atoms with van der Waals surface area (Å²) in [6, 6.07) is 7.65. The summed E-state index contributed by atoms with van der Waals surface area (Å²) < 4.78 is 0. The molecule has 2 saturated heterocycles. The van der Waals surface area contributed by atoms with Gasteiger partial charge in [-0.25, -0.2) is 0 Å². The Hall–Kier alpha value is -0.770. The third-order valence-electron chi connectivity index (χ3n) is 5.19. The highest BCUT2D eigenvalue weighted by Crippen LogP contribution is 2.37. The molecule has 0 saturated carbocycles. The third-order valence-corrected chi connectivity index (χ3v) is 5.42. The van der Waals surface area contributed by atoms with Crippen molar-refractivity contribution < 1.29 is 4.79 Å². The van der Waals surface area contributed by atoms with E-state index in [2.05, 4.69) is 5.32 Å². The number of likely N-dealkylation sites (tertiary alicyclic amines) is 1. The molecule has 2 heterocycles. The van der Waals surface area contributed by atoms with Gasteiger partial charge in [-0.05, 0) is 55.8 Å². The van der Waals surface area contributed by atoms with Gasteiger partial charge in [-0.2, -0.15) is 0 Å². The van der Waals surface area contributed by atoms with Gasteiger partial charge in [0.25, 0.3) is 0 Å². The lowest BCUT2D eigenvalue weighted by Gasteiger charge is -2.39. The molecule has 22 heavy (non-hydrogen) atoms. The summed E-state index contributed by atoms with van der Waals surface area (Å²) in [4.78, 5) is 14.7. The van der Waals surface area contributed by atoms with Crippen LogP contribution in [0.15, 0.2) is 24.3 Å². The highest BCUT2D eigenvalue weighted by Gasteiger charge is 2.38. The van der Waals surface area contributed by atoms with E-state index in [1.54, 1.807) is 0 Å². The summed E-state index contributed by atoms with van der Waals surface area (Å²) in [6.45, 7) is 6.03. The van der Waals surface area contributed by atoms with Gasteiger partial charge >= 0.3 is 0 Å². The van der Waals surface area contributed by atoms with Gasteiger partial charge in [0.2, 0.25) is 5.91 Å². The average molecular weight is 343 g/mol. The molecule has 1 amide bonds. The Kier molecular flexibility index (Phi) is 5.76. The third kappa shape index (κ3) is 3.58. The van der Waals surface area contributed by atoms with Crippen LogP contribution in [0.1, 0.15) is 37.7 Å². The van der Waals surface area contributed by atoms with E-state index in [1.165, 1.54) is 6.42 Å². The Morgan fingerprint density at radius 1 is 1.32 bits per heavy atom. The van der Waals surface area contributed by atoms with E-state index in [9.17, 15) is 4.79 Å². The molecule has 3 nitrogen and oxygen atoms in total. The molecule has 5 heteroatoms. The smallest absolute Gasteiger partial charge is 0.229 e. The monoisotopic (exact) mass is 342 g/mol. The van der Waals surface area contributed by atoms with Crippen LogP contribution in [0.25, 0.3) is 0 Å². The van der Waals surface area contributed by atoms with Crippen LogP contribution in [0.4, 0.5) is 0 Å². The second-order valence-corrected chi connectivity index (χ2v) is 6.97. The minimum atomic E-state index is -0.112. The maximum atomic E-state index is 12.7. The number of carbonyl (C=O) groups is 1. The zero-order valence-electron chi connectivity index (χ0n) is 13.0. The topological polar surface area (TPSA) is 32.3 Å². The second-order valence-electron chi connectivity index (χ2n) is 6.53. The molecule has 1 atom stereocenters. The number of benzene rings is 1. The summed E-state index contributed by atoms with van der Waals surface area (Å²) in [5.74, 6) is 0.123. The molecule has 2 aliphatic rings. The molecule has 1 spiro atoms. The summed E-state index contributed by atoms with van der Waals surface area (Å²) in [6.07, 6.45) is 3.53. The number of piperidine rings is 1. The van der Waals surface area contributed by atoms with Crippen molar-refractivity contribution in [2.45, 2.75) is 32.1 Å². The molecule has 2 aliphatic heterocycles. The van der Waals surface area contributed by atoms with Crippen molar-refractivity contribution >= 4 is 29.9 Å². The fourth-order valence-electron chi connectivity index (χ4n) is 3.62. The Morgan fingerprint density at radius 2 is 2.05 bits per heavy atom. The van der Waals surface area contributed by atoms with Crippen LogP contribution in [0.3, 0.4) is 0 Å². The van der Waals surface area contributed by atoms with Gasteiger partial charge in [-0.3, -0.25) is 4.79 Å². The first-order chi connectivity index (χ1) is 10.1.